The molecule has 0 saturated carbocycles. The average molecular weight is 284 g/mol. The Labute approximate surface area is 126 Å². The molecule has 2 aromatic rings. The van der Waals surface area contributed by atoms with Gasteiger partial charge in [-0.25, -0.2) is 0 Å². The molecule has 0 aliphatic rings. The first-order valence-corrected chi connectivity index (χ1v) is 7.51. The lowest BCUT2D eigenvalue weighted by Gasteiger charge is -2.17. The van der Waals surface area contributed by atoms with Crippen LogP contribution in [0.1, 0.15) is 19.0 Å². The van der Waals surface area contributed by atoms with Crippen molar-refractivity contribution in [3.05, 3.63) is 54.4 Å². The molecule has 1 aromatic heterocycles. The van der Waals surface area contributed by atoms with Crippen molar-refractivity contribution >= 4 is 11.4 Å². The number of nitrogens with one attached hydrogen (secondary N) is 2. The van der Waals surface area contributed by atoms with E-state index in [-0.39, 0.29) is 0 Å². The molecular weight excluding hydrogens is 260 g/mol. The Kier molecular flexibility index (Phi) is 6.03. The fraction of sp³-hybridized carbons (Fsp3) is 0.353. The fourth-order valence-corrected chi connectivity index (χ4v) is 2.26. The molecule has 0 saturated heterocycles. The maximum absolute atomic E-state index is 5.90. The minimum absolute atomic E-state index is 0.454. The molecule has 4 nitrogen and oxygen atoms in total. The van der Waals surface area contributed by atoms with E-state index in [1.54, 1.807) is 0 Å². The minimum atomic E-state index is 0.454. The van der Waals surface area contributed by atoms with Crippen LogP contribution < -0.4 is 16.4 Å². The number of hydrogen-bond donors (Lipinski definition) is 3. The summed E-state index contributed by atoms with van der Waals surface area (Å²) in [5, 5.41) is 6.92. The van der Waals surface area contributed by atoms with E-state index in [1.165, 1.54) is 0 Å². The predicted octanol–water partition coefficient (Wildman–Crippen LogP) is 2.69. The molecule has 1 unspecified atom stereocenters. The highest BCUT2D eigenvalue weighted by Crippen LogP contribution is 2.15. The zero-order valence-corrected chi connectivity index (χ0v) is 12.5. The van der Waals surface area contributed by atoms with Crippen LogP contribution >= 0.6 is 0 Å². The van der Waals surface area contributed by atoms with E-state index in [0.29, 0.717) is 6.04 Å². The molecule has 0 aliphatic carbocycles. The highest BCUT2D eigenvalue weighted by atomic mass is 15.0. The molecule has 1 atom stereocenters. The predicted molar refractivity (Wildman–Crippen MR) is 89.4 cm³/mol. The molecule has 1 aromatic carbocycles. The molecule has 1 heterocycles. The number of rotatable bonds is 8. The largest absolute Gasteiger partial charge is 0.397 e. The minimum Gasteiger partial charge on any atom is -0.397 e. The lowest BCUT2D eigenvalue weighted by Crippen LogP contribution is -2.34. The highest BCUT2D eigenvalue weighted by Gasteiger charge is 2.07. The average Bonchev–Trinajstić information content (AvgIpc) is 2.53. The molecule has 0 radical (unpaired) electrons. The molecule has 0 amide bonds. The van der Waals surface area contributed by atoms with Crippen molar-refractivity contribution < 1.29 is 0 Å². The number of para-hydroxylation sites is 2. The summed E-state index contributed by atoms with van der Waals surface area (Å²) in [6.45, 7) is 3.95. The first kappa shape index (κ1) is 15.3. The van der Waals surface area contributed by atoms with Crippen LogP contribution in [0.25, 0.3) is 0 Å². The zero-order valence-electron chi connectivity index (χ0n) is 12.5. The van der Waals surface area contributed by atoms with E-state index in [4.69, 9.17) is 5.73 Å². The maximum atomic E-state index is 5.90. The molecule has 0 spiro atoms. The molecule has 4 heteroatoms. The Bertz CT molecular complexity index is 527. The monoisotopic (exact) mass is 284 g/mol. The van der Waals surface area contributed by atoms with Crippen LogP contribution in [0.15, 0.2) is 48.7 Å². The van der Waals surface area contributed by atoms with Gasteiger partial charge >= 0.3 is 0 Å². The fourth-order valence-electron chi connectivity index (χ4n) is 2.26. The van der Waals surface area contributed by atoms with Crippen molar-refractivity contribution in [1.82, 2.24) is 10.3 Å². The van der Waals surface area contributed by atoms with Crippen molar-refractivity contribution in [2.75, 3.05) is 24.1 Å². The van der Waals surface area contributed by atoms with E-state index in [0.717, 1.165) is 43.0 Å². The second-order valence-corrected chi connectivity index (χ2v) is 5.10. The van der Waals surface area contributed by atoms with Gasteiger partial charge in [-0.2, -0.15) is 0 Å². The van der Waals surface area contributed by atoms with Gasteiger partial charge in [0.15, 0.2) is 0 Å². The molecule has 2 rings (SSSR count). The Balaban J connectivity index is 1.73. The number of nitrogens with zero attached hydrogens (tertiary/aromatic N) is 1. The van der Waals surface area contributed by atoms with Gasteiger partial charge in [0.2, 0.25) is 0 Å². The van der Waals surface area contributed by atoms with Gasteiger partial charge in [0.05, 0.1) is 11.4 Å². The van der Waals surface area contributed by atoms with Crippen LogP contribution in [0.3, 0.4) is 0 Å². The van der Waals surface area contributed by atoms with Gasteiger partial charge in [-0.15, -0.1) is 0 Å². The molecular formula is C17H24N4. The van der Waals surface area contributed by atoms with Crippen molar-refractivity contribution in [1.29, 1.82) is 0 Å². The smallest absolute Gasteiger partial charge is 0.0574 e. The molecule has 21 heavy (non-hydrogen) atoms. The lowest BCUT2D eigenvalue weighted by molar-refractivity contribution is 0.500. The van der Waals surface area contributed by atoms with Gasteiger partial charge in [-0.3, -0.25) is 4.98 Å². The summed E-state index contributed by atoms with van der Waals surface area (Å²) in [4.78, 5) is 4.38. The van der Waals surface area contributed by atoms with Crippen LogP contribution in [0, 0.1) is 0 Å². The van der Waals surface area contributed by atoms with E-state index >= 15 is 0 Å². The van der Waals surface area contributed by atoms with E-state index in [9.17, 15) is 0 Å². The van der Waals surface area contributed by atoms with Gasteiger partial charge in [0, 0.05) is 37.4 Å². The summed E-state index contributed by atoms with van der Waals surface area (Å²) < 4.78 is 0. The van der Waals surface area contributed by atoms with E-state index < -0.39 is 0 Å². The summed E-state index contributed by atoms with van der Waals surface area (Å²) in [7, 11) is 0. The Morgan fingerprint density at radius 1 is 1.10 bits per heavy atom. The van der Waals surface area contributed by atoms with Crippen molar-refractivity contribution in [3.8, 4) is 0 Å². The normalized spacial score (nSPS) is 12.0. The van der Waals surface area contributed by atoms with Crippen LogP contribution in [0.5, 0.6) is 0 Å². The Hall–Kier alpha value is -2.07. The van der Waals surface area contributed by atoms with Gasteiger partial charge in [0.1, 0.15) is 0 Å². The quantitative estimate of drug-likeness (QED) is 0.515. The molecule has 112 valence electrons. The van der Waals surface area contributed by atoms with Crippen molar-refractivity contribution in [2.45, 2.75) is 25.8 Å². The van der Waals surface area contributed by atoms with Crippen LogP contribution in [-0.2, 0) is 6.42 Å². The summed E-state index contributed by atoms with van der Waals surface area (Å²) >= 11 is 0. The number of pyridine rings is 1. The summed E-state index contributed by atoms with van der Waals surface area (Å²) in [6.07, 6.45) is 3.90. The topological polar surface area (TPSA) is 63.0 Å². The maximum Gasteiger partial charge on any atom is 0.0574 e. The molecule has 0 aliphatic heterocycles. The van der Waals surface area contributed by atoms with Gasteiger partial charge in [-0.05, 0) is 30.7 Å². The van der Waals surface area contributed by atoms with Crippen LogP contribution in [-0.4, -0.2) is 24.1 Å². The van der Waals surface area contributed by atoms with E-state index in [2.05, 4.69) is 28.6 Å². The third kappa shape index (κ3) is 5.08. The molecule has 0 fully saturated rings. The standard InChI is InChI=1S/C17H24N4/c1-2-14(13-15-7-5-6-10-19-15)20-11-12-21-17-9-4-3-8-16(17)18/h3-10,14,20-21H,2,11-13,18H2,1H3. The van der Waals surface area contributed by atoms with Crippen molar-refractivity contribution in [2.24, 2.45) is 0 Å². The number of anilines is 2. The van der Waals surface area contributed by atoms with Gasteiger partial charge in [0.25, 0.3) is 0 Å². The number of nitrogen functional groups attached to an aromatic ring is 1. The summed E-state index contributed by atoms with van der Waals surface area (Å²) in [5.41, 5.74) is 8.82. The highest BCUT2D eigenvalue weighted by molar-refractivity contribution is 5.65. The third-order valence-electron chi connectivity index (χ3n) is 3.51. The van der Waals surface area contributed by atoms with Gasteiger partial charge in [-0.1, -0.05) is 25.1 Å². The first-order chi connectivity index (χ1) is 10.3. The van der Waals surface area contributed by atoms with Crippen LogP contribution in [0.4, 0.5) is 11.4 Å². The SMILES string of the molecule is CCC(Cc1ccccn1)NCCNc1ccccc1N. The number of benzene rings is 1. The number of aromatic nitrogens is 1. The van der Waals surface area contributed by atoms with Crippen molar-refractivity contribution in [3.63, 3.8) is 0 Å². The van der Waals surface area contributed by atoms with E-state index in [1.807, 2.05) is 42.6 Å². The summed E-state index contributed by atoms with van der Waals surface area (Å²) in [6, 6.07) is 14.4. The Morgan fingerprint density at radius 3 is 2.62 bits per heavy atom. The molecule has 0 bridgehead atoms. The van der Waals surface area contributed by atoms with Gasteiger partial charge < -0.3 is 16.4 Å². The third-order valence-corrected chi connectivity index (χ3v) is 3.51. The Morgan fingerprint density at radius 2 is 1.90 bits per heavy atom. The molecule has 4 N–H and O–H groups in total. The van der Waals surface area contributed by atoms with Crippen LogP contribution in [0.2, 0.25) is 0 Å². The number of nitrogens with two attached hydrogens (primary N) is 1. The first-order valence-electron chi connectivity index (χ1n) is 7.51. The second kappa shape index (κ2) is 8.27. The number of hydrogen-bond acceptors (Lipinski definition) is 4. The lowest BCUT2D eigenvalue weighted by atomic mass is 10.1. The zero-order chi connectivity index (χ0) is 14.9. The summed E-state index contributed by atoms with van der Waals surface area (Å²) in [5.74, 6) is 0. The second-order valence-electron chi connectivity index (χ2n) is 5.10.